The van der Waals surface area contributed by atoms with Crippen LogP contribution in [0.1, 0.15) is 53.6 Å². The molecule has 2 saturated heterocycles. The van der Waals surface area contributed by atoms with Crippen LogP contribution in [0.15, 0.2) is 18.2 Å². The molecular weight excluding hydrogens is 344 g/mol. The number of carbonyl (C=O) groups excluding carboxylic acids is 3. The number of imide groups is 1. The maximum absolute atomic E-state index is 13.2. The molecule has 7 nitrogen and oxygen atoms in total. The van der Waals surface area contributed by atoms with E-state index in [1.54, 1.807) is 4.90 Å². The van der Waals surface area contributed by atoms with E-state index in [-0.39, 0.29) is 24.1 Å². The van der Waals surface area contributed by atoms with Gasteiger partial charge in [0, 0.05) is 37.7 Å². The fourth-order valence-electron chi connectivity index (χ4n) is 4.58. The molecule has 4 rings (SSSR count). The summed E-state index contributed by atoms with van der Waals surface area (Å²) in [4.78, 5) is 40.8. The molecule has 0 bridgehead atoms. The number of nitrogens with zero attached hydrogens (tertiary/aromatic N) is 2. The lowest BCUT2D eigenvalue weighted by molar-refractivity contribution is -0.136. The van der Waals surface area contributed by atoms with Crippen molar-refractivity contribution >= 4 is 17.7 Å². The first-order chi connectivity index (χ1) is 13.1. The van der Waals surface area contributed by atoms with E-state index in [2.05, 4.69) is 10.2 Å². The third kappa shape index (κ3) is 3.37. The average molecular weight is 370 g/mol. The predicted octanol–water partition coefficient (Wildman–Crippen LogP) is 0.761. The summed E-state index contributed by atoms with van der Waals surface area (Å²) in [6.45, 7) is 2.76. The first-order valence-electron chi connectivity index (χ1n) is 9.78. The van der Waals surface area contributed by atoms with Crippen LogP contribution in [0, 0.1) is 0 Å². The minimum absolute atomic E-state index is 0.101. The molecule has 3 aliphatic rings. The fourth-order valence-corrected chi connectivity index (χ4v) is 4.58. The van der Waals surface area contributed by atoms with E-state index >= 15 is 0 Å². The molecule has 1 aromatic rings. The van der Waals surface area contributed by atoms with Crippen LogP contribution in [-0.2, 0) is 22.7 Å². The Labute approximate surface area is 158 Å². The van der Waals surface area contributed by atoms with Gasteiger partial charge in [-0.15, -0.1) is 0 Å². The van der Waals surface area contributed by atoms with Gasteiger partial charge in [0.1, 0.15) is 6.04 Å². The summed E-state index contributed by atoms with van der Waals surface area (Å²) < 4.78 is 0. The zero-order valence-corrected chi connectivity index (χ0v) is 15.4. The number of likely N-dealkylation sites (tertiary alicyclic amines) is 1. The third-order valence-electron chi connectivity index (χ3n) is 6.03. The average Bonchev–Trinajstić information content (AvgIpc) is 3.00. The van der Waals surface area contributed by atoms with Crippen molar-refractivity contribution in [2.75, 3.05) is 13.1 Å². The minimum atomic E-state index is -0.567. The van der Waals surface area contributed by atoms with Crippen LogP contribution in [-0.4, -0.2) is 52.7 Å². The number of fused-ring (bicyclic) bond motifs is 1. The number of nitrogens with two attached hydrogens (primary N) is 1. The van der Waals surface area contributed by atoms with E-state index in [1.165, 1.54) is 6.42 Å². The summed E-state index contributed by atoms with van der Waals surface area (Å²) in [6, 6.07) is 5.74. The predicted molar refractivity (Wildman–Crippen MR) is 99.6 cm³/mol. The highest BCUT2D eigenvalue weighted by molar-refractivity contribution is 6.05. The van der Waals surface area contributed by atoms with Crippen molar-refractivity contribution in [3.8, 4) is 0 Å². The lowest BCUT2D eigenvalue weighted by atomic mass is 9.98. The molecule has 0 aromatic heterocycles. The first-order valence-corrected chi connectivity index (χ1v) is 9.78. The number of nitrogens with one attached hydrogen (secondary N) is 1. The Morgan fingerprint density at radius 2 is 2.00 bits per heavy atom. The van der Waals surface area contributed by atoms with Gasteiger partial charge in [-0.3, -0.25) is 24.6 Å². The minimum Gasteiger partial charge on any atom is -0.329 e. The molecule has 0 spiro atoms. The van der Waals surface area contributed by atoms with Crippen molar-refractivity contribution < 1.29 is 14.4 Å². The van der Waals surface area contributed by atoms with Crippen molar-refractivity contribution in [1.29, 1.82) is 0 Å². The molecule has 0 aliphatic carbocycles. The molecule has 3 amide bonds. The summed E-state index contributed by atoms with van der Waals surface area (Å²) in [5.41, 5.74) is 8.64. The van der Waals surface area contributed by atoms with Gasteiger partial charge >= 0.3 is 0 Å². The lowest BCUT2D eigenvalue weighted by Gasteiger charge is -2.35. The van der Waals surface area contributed by atoms with E-state index in [0.717, 1.165) is 36.1 Å². The van der Waals surface area contributed by atoms with Crippen molar-refractivity contribution in [1.82, 2.24) is 15.1 Å². The van der Waals surface area contributed by atoms with Gasteiger partial charge in [-0.25, -0.2) is 0 Å². The Bertz CT molecular complexity index is 778. The second kappa shape index (κ2) is 7.40. The maximum atomic E-state index is 13.2. The van der Waals surface area contributed by atoms with Gasteiger partial charge in [0.25, 0.3) is 5.91 Å². The Kier molecular flexibility index (Phi) is 4.97. The van der Waals surface area contributed by atoms with E-state index in [0.29, 0.717) is 32.1 Å². The third-order valence-corrected chi connectivity index (χ3v) is 6.03. The van der Waals surface area contributed by atoms with Gasteiger partial charge in [0.05, 0.1) is 0 Å². The van der Waals surface area contributed by atoms with Gasteiger partial charge in [0.2, 0.25) is 11.8 Å². The number of amides is 3. The van der Waals surface area contributed by atoms with Crippen molar-refractivity contribution in [2.45, 2.75) is 57.3 Å². The van der Waals surface area contributed by atoms with Gasteiger partial charge in [-0.05, 0) is 36.9 Å². The molecule has 144 valence electrons. The molecule has 1 aromatic carbocycles. The van der Waals surface area contributed by atoms with E-state index in [9.17, 15) is 14.4 Å². The highest BCUT2D eigenvalue weighted by Gasteiger charge is 2.40. The van der Waals surface area contributed by atoms with Gasteiger partial charge in [-0.1, -0.05) is 24.6 Å². The van der Waals surface area contributed by atoms with Crippen LogP contribution in [0.25, 0.3) is 0 Å². The standard InChI is InChI=1S/C20H26N4O3/c21-10-15-6-1-2-9-23(15)11-13-4-3-5-14-12-24(20(27)18(13)14)16-7-8-17(25)22-19(16)26/h3-5,15-16H,1-2,6-12,21H2,(H,22,25,26)/t15-,16?/m0/s1. The van der Waals surface area contributed by atoms with Gasteiger partial charge < -0.3 is 10.6 Å². The summed E-state index contributed by atoms with van der Waals surface area (Å²) >= 11 is 0. The van der Waals surface area contributed by atoms with Crippen LogP contribution in [0.3, 0.4) is 0 Å². The number of hydrogen-bond acceptors (Lipinski definition) is 5. The zero-order chi connectivity index (χ0) is 19.0. The van der Waals surface area contributed by atoms with Gasteiger partial charge in [-0.2, -0.15) is 0 Å². The monoisotopic (exact) mass is 370 g/mol. The Morgan fingerprint density at radius 3 is 2.78 bits per heavy atom. The number of carbonyl (C=O) groups is 3. The van der Waals surface area contributed by atoms with Crippen molar-refractivity contribution in [3.05, 3.63) is 34.9 Å². The molecule has 1 unspecified atom stereocenters. The number of hydrogen-bond donors (Lipinski definition) is 2. The summed E-state index contributed by atoms with van der Waals surface area (Å²) in [5.74, 6) is -0.733. The molecule has 2 fully saturated rings. The van der Waals surface area contributed by atoms with Crippen LogP contribution < -0.4 is 11.1 Å². The number of rotatable bonds is 4. The molecule has 0 saturated carbocycles. The highest BCUT2D eigenvalue weighted by atomic mass is 16.2. The molecule has 2 atom stereocenters. The molecule has 7 heteroatoms. The van der Waals surface area contributed by atoms with Crippen LogP contribution in [0.4, 0.5) is 0 Å². The first kappa shape index (κ1) is 18.1. The van der Waals surface area contributed by atoms with E-state index < -0.39 is 6.04 Å². The van der Waals surface area contributed by atoms with Crippen molar-refractivity contribution in [2.24, 2.45) is 5.73 Å². The molecule has 3 N–H and O–H groups in total. The molecule has 3 aliphatic heterocycles. The topological polar surface area (TPSA) is 95.7 Å². The molecule has 3 heterocycles. The lowest BCUT2D eigenvalue weighted by Crippen LogP contribution is -2.52. The molecule has 27 heavy (non-hydrogen) atoms. The van der Waals surface area contributed by atoms with Gasteiger partial charge in [0.15, 0.2) is 0 Å². The van der Waals surface area contributed by atoms with Crippen LogP contribution in [0.5, 0.6) is 0 Å². The number of benzene rings is 1. The zero-order valence-electron chi connectivity index (χ0n) is 15.4. The Balaban J connectivity index is 1.56. The maximum Gasteiger partial charge on any atom is 0.255 e. The largest absolute Gasteiger partial charge is 0.329 e. The summed E-state index contributed by atoms with van der Waals surface area (Å²) in [7, 11) is 0. The van der Waals surface area contributed by atoms with E-state index in [4.69, 9.17) is 5.73 Å². The van der Waals surface area contributed by atoms with E-state index in [1.807, 2.05) is 18.2 Å². The molecular formula is C20H26N4O3. The Hall–Kier alpha value is -2.25. The fraction of sp³-hybridized carbons (Fsp3) is 0.550. The van der Waals surface area contributed by atoms with Crippen LogP contribution in [0.2, 0.25) is 0 Å². The van der Waals surface area contributed by atoms with Crippen LogP contribution >= 0.6 is 0 Å². The molecule has 0 radical (unpaired) electrons. The smallest absolute Gasteiger partial charge is 0.255 e. The second-order valence-corrected chi connectivity index (χ2v) is 7.71. The highest BCUT2D eigenvalue weighted by Crippen LogP contribution is 2.31. The van der Waals surface area contributed by atoms with Crippen molar-refractivity contribution in [3.63, 3.8) is 0 Å². The normalized spacial score (nSPS) is 26.3. The quantitative estimate of drug-likeness (QED) is 0.763. The number of piperidine rings is 2. The second-order valence-electron chi connectivity index (χ2n) is 7.71. The SMILES string of the molecule is NC[C@@H]1CCCCN1Cc1cccc2c1C(=O)N(C1CCC(=O)NC1=O)C2. The summed E-state index contributed by atoms with van der Waals surface area (Å²) in [6.07, 6.45) is 4.12. The Morgan fingerprint density at radius 1 is 1.15 bits per heavy atom. The summed E-state index contributed by atoms with van der Waals surface area (Å²) in [5, 5.41) is 2.35.